The van der Waals surface area contributed by atoms with Gasteiger partial charge in [0.2, 0.25) is 3.23 Å². The maximum absolute atomic E-state index is 11.5. The summed E-state index contributed by atoms with van der Waals surface area (Å²) in [5.74, 6) is -0.973. The number of esters is 1. The highest BCUT2D eigenvalue weighted by Gasteiger charge is 2.50. The third-order valence-electron chi connectivity index (χ3n) is 1.58. The topological polar surface area (TPSA) is 59.0 Å². The summed E-state index contributed by atoms with van der Waals surface area (Å²) in [5, 5.41) is 4.85. The first-order chi connectivity index (χ1) is 6.41. The number of ether oxygens (including phenoxy) is 1. The van der Waals surface area contributed by atoms with Gasteiger partial charge in [0.1, 0.15) is 0 Å². The Morgan fingerprint density at radius 2 is 2.21 bits per heavy atom. The van der Waals surface area contributed by atoms with Gasteiger partial charge in [-0.1, -0.05) is 31.9 Å². The molecule has 14 heavy (non-hydrogen) atoms. The van der Waals surface area contributed by atoms with E-state index < -0.39 is 9.20 Å². The molecule has 0 atom stereocenters. The summed E-state index contributed by atoms with van der Waals surface area (Å²) < 4.78 is 3.50. The Bertz CT molecular complexity index is 314. The molecule has 0 radical (unpaired) electrons. The van der Waals surface area contributed by atoms with E-state index in [0.717, 1.165) is 5.01 Å². The Labute approximate surface area is 97.7 Å². The molecule has 1 aliphatic rings. The van der Waals surface area contributed by atoms with Crippen LogP contribution in [-0.4, -0.2) is 39.5 Å². The van der Waals surface area contributed by atoms with E-state index in [2.05, 4.69) is 37.0 Å². The van der Waals surface area contributed by atoms with Crippen LogP contribution in [0.25, 0.3) is 0 Å². The molecule has 0 aromatic carbocycles. The number of alkyl halides is 2. The van der Waals surface area contributed by atoms with Gasteiger partial charge in [0, 0.05) is 7.05 Å². The number of nitrogens with zero attached hydrogens (tertiary/aromatic N) is 2. The van der Waals surface area contributed by atoms with Crippen LogP contribution in [0.3, 0.4) is 0 Å². The van der Waals surface area contributed by atoms with E-state index in [0.29, 0.717) is 0 Å². The maximum Gasteiger partial charge on any atom is 0.357 e. The van der Waals surface area contributed by atoms with E-state index in [4.69, 9.17) is 4.74 Å². The molecule has 0 aromatic heterocycles. The van der Waals surface area contributed by atoms with Crippen LogP contribution >= 0.6 is 31.9 Å². The van der Waals surface area contributed by atoms with Gasteiger partial charge in [0.05, 0.1) is 6.61 Å². The number of carbonyl (C=O) groups is 2. The molecule has 0 unspecified atom stereocenters. The molecule has 0 aliphatic carbocycles. The van der Waals surface area contributed by atoms with Crippen molar-refractivity contribution < 1.29 is 14.3 Å². The van der Waals surface area contributed by atoms with E-state index in [1.54, 1.807) is 6.92 Å². The van der Waals surface area contributed by atoms with Crippen LogP contribution in [0.15, 0.2) is 5.10 Å². The number of rotatable bonds is 2. The Morgan fingerprint density at radius 3 is 2.57 bits per heavy atom. The second-order valence-corrected chi connectivity index (χ2v) is 6.02. The van der Waals surface area contributed by atoms with Crippen LogP contribution in [0.5, 0.6) is 0 Å². The molecule has 5 nitrogen and oxygen atoms in total. The van der Waals surface area contributed by atoms with Crippen LogP contribution in [0.2, 0.25) is 0 Å². The summed E-state index contributed by atoms with van der Waals surface area (Å²) in [5.41, 5.74) is 0.00634. The largest absolute Gasteiger partial charge is 0.461 e. The normalized spacial score (nSPS) is 19.6. The van der Waals surface area contributed by atoms with Crippen molar-refractivity contribution in [1.82, 2.24) is 5.01 Å². The Balaban J connectivity index is 2.94. The summed E-state index contributed by atoms with van der Waals surface area (Å²) in [6, 6.07) is 0. The minimum absolute atomic E-state index is 0.00634. The first-order valence-electron chi connectivity index (χ1n) is 3.83. The van der Waals surface area contributed by atoms with Gasteiger partial charge in [-0.05, 0) is 6.92 Å². The molecule has 0 fully saturated rings. The van der Waals surface area contributed by atoms with Gasteiger partial charge in [-0.3, -0.25) is 4.79 Å². The highest BCUT2D eigenvalue weighted by Crippen LogP contribution is 2.35. The third-order valence-corrected chi connectivity index (χ3v) is 3.01. The van der Waals surface area contributed by atoms with Crippen LogP contribution in [0.1, 0.15) is 6.92 Å². The molecule has 0 saturated heterocycles. The second-order valence-electron chi connectivity index (χ2n) is 2.57. The minimum Gasteiger partial charge on any atom is -0.461 e. The second kappa shape index (κ2) is 3.98. The number of carbonyl (C=O) groups excluding carboxylic acids is 2. The van der Waals surface area contributed by atoms with Crippen molar-refractivity contribution in [3.05, 3.63) is 0 Å². The molecule has 78 valence electrons. The summed E-state index contributed by atoms with van der Waals surface area (Å²) in [4.78, 5) is 22.8. The van der Waals surface area contributed by atoms with Crippen molar-refractivity contribution in [3.63, 3.8) is 0 Å². The minimum atomic E-state index is -1.25. The van der Waals surface area contributed by atoms with E-state index in [-0.39, 0.29) is 18.2 Å². The van der Waals surface area contributed by atoms with Crippen molar-refractivity contribution in [3.8, 4) is 0 Å². The molecule has 1 aliphatic heterocycles. The lowest BCUT2D eigenvalue weighted by atomic mass is 10.3. The quantitative estimate of drug-likeness (QED) is 0.558. The lowest BCUT2D eigenvalue weighted by Gasteiger charge is -2.12. The number of amides is 1. The van der Waals surface area contributed by atoms with Gasteiger partial charge < -0.3 is 4.74 Å². The predicted molar refractivity (Wildman–Crippen MR) is 57.4 cm³/mol. The maximum atomic E-state index is 11.5. The van der Waals surface area contributed by atoms with Gasteiger partial charge in [0.25, 0.3) is 5.91 Å². The molecule has 0 saturated carbocycles. The first-order valence-corrected chi connectivity index (χ1v) is 5.42. The SMILES string of the molecule is CCOC(=O)C1=NN(C)C(=O)C1(Br)Br. The number of hydrazone groups is 1. The molecule has 0 spiro atoms. The van der Waals surface area contributed by atoms with E-state index in [9.17, 15) is 9.59 Å². The lowest BCUT2D eigenvalue weighted by Crippen LogP contribution is -2.38. The Kier molecular flexibility index (Phi) is 3.31. The van der Waals surface area contributed by atoms with Crippen LogP contribution < -0.4 is 0 Å². The molecule has 1 rings (SSSR count). The zero-order chi connectivity index (χ0) is 10.9. The molecule has 1 amide bonds. The van der Waals surface area contributed by atoms with Crippen LogP contribution in [0, 0.1) is 0 Å². The molecule has 0 aromatic rings. The summed E-state index contributed by atoms with van der Waals surface area (Å²) in [7, 11) is 1.46. The molecule has 0 bridgehead atoms. The Hall–Kier alpha value is -0.430. The van der Waals surface area contributed by atoms with Crippen molar-refractivity contribution in [1.29, 1.82) is 0 Å². The smallest absolute Gasteiger partial charge is 0.357 e. The van der Waals surface area contributed by atoms with Crippen molar-refractivity contribution in [2.45, 2.75) is 10.2 Å². The highest BCUT2D eigenvalue weighted by molar-refractivity contribution is 9.26. The fourth-order valence-corrected chi connectivity index (χ4v) is 1.93. The Morgan fingerprint density at radius 1 is 1.64 bits per heavy atom. The van der Waals surface area contributed by atoms with E-state index in [1.165, 1.54) is 7.05 Å². The molecule has 1 heterocycles. The van der Waals surface area contributed by atoms with Crippen LogP contribution in [0.4, 0.5) is 0 Å². The number of hydrogen-bond donors (Lipinski definition) is 0. The zero-order valence-electron chi connectivity index (χ0n) is 7.58. The highest BCUT2D eigenvalue weighted by atomic mass is 79.9. The summed E-state index contributed by atoms with van der Waals surface area (Å²) in [6.07, 6.45) is 0. The monoisotopic (exact) mass is 326 g/mol. The first kappa shape index (κ1) is 11.6. The number of hydrogen-bond acceptors (Lipinski definition) is 4. The van der Waals surface area contributed by atoms with Gasteiger partial charge in [-0.25, -0.2) is 9.80 Å². The third kappa shape index (κ3) is 1.83. The molecular weight excluding hydrogens is 320 g/mol. The molecule has 7 heteroatoms. The fourth-order valence-electron chi connectivity index (χ4n) is 0.931. The van der Waals surface area contributed by atoms with Gasteiger partial charge in [0.15, 0.2) is 5.71 Å². The van der Waals surface area contributed by atoms with Gasteiger partial charge in [-0.2, -0.15) is 5.10 Å². The average molecular weight is 328 g/mol. The average Bonchev–Trinajstić information content (AvgIpc) is 2.30. The van der Waals surface area contributed by atoms with Gasteiger partial charge >= 0.3 is 5.97 Å². The lowest BCUT2D eigenvalue weighted by molar-refractivity contribution is -0.135. The zero-order valence-corrected chi connectivity index (χ0v) is 10.8. The fraction of sp³-hybridized carbons (Fsp3) is 0.571. The van der Waals surface area contributed by atoms with Crippen molar-refractivity contribution >= 4 is 49.4 Å². The standard InChI is InChI=1S/C7H8Br2N2O3/c1-3-14-5(12)4-7(8,9)6(13)11(2)10-4/h3H2,1-2H3. The summed E-state index contributed by atoms with van der Waals surface area (Å²) in [6.45, 7) is 1.93. The molecular formula is C7H8Br2N2O3. The predicted octanol–water partition coefficient (Wildman–Crippen LogP) is 0.864. The van der Waals surface area contributed by atoms with E-state index in [1.807, 2.05) is 0 Å². The van der Waals surface area contributed by atoms with Crippen molar-refractivity contribution in [2.75, 3.05) is 13.7 Å². The number of halogens is 2. The summed E-state index contributed by atoms with van der Waals surface area (Å²) >= 11 is 6.16. The van der Waals surface area contributed by atoms with E-state index >= 15 is 0 Å². The van der Waals surface area contributed by atoms with Crippen molar-refractivity contribution in [2.24, 2.45) is 5.10 Å². The van der Waals surface area contributed by atoms with Gasteiger partial charge in [-0.15, -0.1) is 0 Å². The van der Waals surface area contributed by atoms with Crippen LogP contribution in [-0.2, 0) is 14.3 Å². The molecule has 0 N–H and O–H groups in total.